The van der Waals surface area contributed by atoms with Crippen LogP contribution >= 0.6 is 11.3 Å². The number of Topliss-reactive ketones (excluding diaryl/α,β-unsaturated/α-hetero) is 1. The summed E-state index contributed by atoms with van der Waals surface area (Å²) in [4.78, 5) is 37.6. The molecule has 1 aliphatic rings. The van der Waals surface area contributed by atoms with Crippen molar-refractivity contribution in [3.8, 4) is 11.5 Å². The molecule has 8 nitrogen and oxygen atoms in total. The van der Waals surface area contributed by atoms with E-state index in [1.807, 2.05) is 58.0 Å². The van der Waals surface area contributed by atoms with Gasteiger partial charge in [0.1, 0.15) is 23.3 Å². The molecule has 1 atom stereocenters. The largest absolute Gasteiger partial charge is 0.507 e. The Hall–Kier alpha value is -4.24. The van der Waals surface area contributed by atoms with E-state index in [0.29, 0.717) is 45.6 Å². The minimum Gasteiger partial charge on any atom is -0.507 e. The lowest BCUT2D eigenvalue weighted by Gasteiger charge is -2.22. The molecule has 1 amide bonds. The molecule has 5 rings (SSSR count). The van der Waals surface area contributed by atoms with E-state index in [-0.39, 0.29) is 17.3 Å². The molecule has 0 saturated carbocycles. The normalized spacial score (nSPS) is 16.9. The van der Waals surface area contributed by atoms with Crippen molar-refractivity contribution in [1.29, 1.82) is 0 Å². The topological polar surface area (TPSA) is 102 Å². The fourth-order valence-corrected chi connectivity index (χ4v) is 5.85. The molecule has 0 spiro atoms. The van der Waals surface area contributed by atoms with Gasteiger partial charge in [0.2, 0.25) is 0 Å². The number of benzene rings is 2. The van der Waals surface area contributed by atoms with Gasteiger partial charge in [-0.2, -0.15) is 0 Å². The number of pyridine rings is 1. The van der Waals surface area contributed by atoms with Crippen LogP contribution in [0.4, 0.5) is 5.13 Å². The number of aryl methyl sites for hydroxylation is 1. The van der Waals surface area contributed by atoms with Crippen LogP contribution in [0, 0.1) is 6.92 Å². The molecule has 4 aromatic rings. The molecular weight excluding hydrogens is 514 g/mol. The summed E-state index contributed by atoms with van der Waals surface area (Å²) in [6, 6.07) is 13.5. The summed E-state index contributed by atoms with van der Waals surface area (Å²) in [6.45, 7) is 8.30. The first-order valence-corrected chi connectivity index (χ1v) is 13.5. The monoisotopic (exact) mass is 543 g/mol. The molecule has 0 bridgehead atoms. The van der Waals surface area contributed by atoms with Gasteiger partial charge in [-0.3, -0.25) is 19.5 Å². The molecule has 2 aromatic carbocycles. The van der Waals surface area contributed by atoms with E-state index >= 15 is 0 Å². The number of amides is 1. The van der Waals surface area contributed by atoms with Gasteiger partial charge in [-0.1, -0.05) is 31.3 Å². The quantitative estimate of drug-likeness (QED) is 0.169. The van der Waals surface area contributed by atoms with E-state index in [9.17, 15) is 14.7 Å². The van der Waals surface area contributed by atoms with Crippen LogP contribution in [0.3, 0.4) is 0 Å². The summed E-state index contributed by atoms with van der Waals surface area (Å²) in [6.07, 6.45) is 1.59. The Morgan fingerprint density at radius 3 is 2.62 bits per heavy atom. The number of ether oxygens (including phenoxy) is 2. The number of aliphatic hydroxyl groups excluding tert-OH is 1. The van der Waals surface area contributed by atoms with Crippen LogP contribution in [0.2, 0.25) is 0 Å². The van der Waals surface area contributed by atoms with Crippen LogP contribution in [0.25, 0.3) is 16.0 Å². The molecule has 1 N–H and O–H groups in total. The first kappa shape index (κ1) is 26.4. The lowest BCUT2D eigenvalue weighted by molar-refractivity contribution is -0.132. The highest BCUT2D eigenvalue weighted by atomic mass is 32.1. The number of anilines is 1. The molecular formula is C30H29N3O5S. The van der Waals surface area contributed by atoms with Gasteiger partial charge in [-0.15, -0.1) is 0 Å². The minimum absolute atomic E-state index is 0.0315. The molecule has 200 valence electrons. The first-order valence-electron chi connectivity index (χ1n) is 12.7. The highest BCUT2D eigenvalue weighted by molar-refractivity contribution is 7.22. The predicted molar refractivity (Wildman–Crippen MR) is 152 cm³/mol. The van der Waals surface area contributed by atoms with Crippen molar-refractivity contribution < 1.29 is 24.2 Å². The first-order chi connectivity index (χ1) is 18.7. The van der Waals surface area contributed by atoms with Gasteiger partial charge in [-0.25, -0.2) is 4.98 Å². The molecule has 39 heavy (non-hydrogen) atoms. The highest BCUT2D eigenvalue weighted by Crippen LogP contribution is 2.45. The summed E-state index contributed by atoms with van der Waals surface area (Å²) in [5.41, 5.74) is 3.14. The Morgan fingerprint density at radius 1 is 1.15 bits per heavy atom. The average Bonchev–Trinajstić information content (AvgIpc) is 3.46. The third kappa shape index (κ3) is 4.63. The number of aliphatic hydroxyl groups is 1. The molecule has 1 saturated heterocycles. The lowest BCUT2D eigenvalue weighted by atomic mass is 9.92. The molecule has 0 aliphatic carbocycles. The maximum Gasteiger partial charge on any atom is 0.301 e. The number of thiazole rings is 1. The third-order valence-electron chi connectivity index (χ3n) is 6.73. The van der Waals surface area contributed by atoms with Crippen LogP contribution in [-0.4, -0.2) is 40.5 Å². The van der Waals surface area contributed by atoms with E-state index in [1.54, 1.807) is 31.5 Å². The number of hydrogen-bond acceptors (Lipinski definition) is 8. The SMILES string of the molecule is CCOc1ccc2nc(N3C(=O)C(=O)/C(=C(/O)c4cc(C(C)C)c(OC)cc4C)C3c3ccccn3)sc2c1. The summed E-state index contributed by atoms with van der Waals surface area (Å²) >= 11 is 1.28. The van der Waals surface area contributed by atoms with Crippen LogP contribution < -0.4 is 14.4 Å². The van der Waals surface area contributed by atoms with Crippen LogP contribution in [0.1, 0.15) is 55.1 Å². The van der Waals surface area contributed by atoms with Crippen molar-refractivity contribution in [1.82, 2.24) is 9.97 Å². The Labute approximate surface area is 230 Å². The Balaban J connectivity index is 1.71. The Kier molecular flexibility index (Phi) is 7.10. The third-order valence-corrected chi connectivity index (χ3v) is 7.75. The van der Waals surface area contributed by atoms with E-state index in [1.165, 1.54) is 16.2 Å². The molecule has 1 fully saturated rings. The van der Waals surface area contributed by atoms with Crippen molar-refractivity contribution in [2.75, 3.05) is 18.6 Å². The van der Waals surface area contributed by atoms with Gasteiger partial charge in [0.25, 0.3) is 5.78 Å². The predicted octanol–water partition coefficient (Wildman–Crippen LogP) is 6.16. The zero-order valence-corrected chi connectivity index (χ0v) is 23.2. The van der Waals surface area contributed by atoms with Gasteiger partial charge in [-0.05, 0) is 73.4 Å². The number of ketones is 1. The fraction of sp³-hybridized carbons (Fsp3) is 0.267. The Bertz CT molecular complexity index is 1610. The van der Waals surface area contributed by atoms with Crippen molar-refractivity contribution >= 4 is 44.1 Å². The van der Waals surface area contributed by atoms with Crippen LogP contribution in [-0.2, 0) is 9.59 Å². The zero-order valence-electron chi connectivity index (χ0n) is 22.4. The van der Waals surface area contributed by atoms with Crippen molar-refractivity contribution in [3.63, 3.8) is 0 Å². The van der Waals surface area contributed by atoms with Crippen molar-refractivity contribution in [3.05, 3.63) is 82.7 Å². The smallest absolute Gasteiger partial charge is 0.301 e. The fourth-order valence-electron chi connectivity index (χ4n) is 4.83. The second-order valence-electron chi connectivity index (χ2n) is 9.55. The van der Waals surface area contributed by atoms with Gasteiger partial charge in [0.15, 0.2) is 5.13 Å². The van der Waals surface area contributed by atoms with Gasteiger partial charge >= 0.3 is 5.91 Å². The second-order valence-corrected chi connectivity index (χ2v) is 10.6. The molecule has 2 aromatic heterocycles. The average molecular weight is 544 g/mol. The van der Waals surface area contributed by atoms with E-state index in [4.69, 9.17) is 9.47 Å². The van der Waals surface area contributed by atoms with E-state index in [0.717, 1.165) is 10.3 Å². The second kappa shape index (κ2) is 10.5. The van der Waals surface area contributed by atoms with Crippen LogP contribution in [0.15, 0.2) is 60.3 Å². The summed E-state index contributed by atoms with van der Waals surface area (Å²) < 4.78 is 12.0. The lowest BCUT2D eigenvalue weighted by Crippen LogP contribution is -2.29. The molecule has 3 heterocycles. The molecule has 9 heteroatoms. The number of carbonyl (C=O) groups is 2. The summed E-state index contributed by atoms with van der Waals surface area (Å²) in [5.74, 6) is -0.329. The maximum atomic E-state index is 13.6. The molecule has 1 unspecified atom stereocenters. The number of nitrogens with zero attached hydrogens (tertiary/aromatic N) is 3. The standard InChI is InChI=1S/C30H29N3O5S/c1-6-38-18-10-11-21-24(14-18)39-30(32-21)33-26(22-9-7-8-12-31-22)25(28(35)29(33)36)27(34)20-15-19(16(2)3)23(37-5)13-17(20)4/h7-16,26,34H,6H2,1-5H3/b27-25+. The van der Waals surface area contributed by atoms with Crippen molar-refractivity contribution in [2.45, 2.75) is 39.7 Å². The maximum absolute atomic E-state index is 13.6. The minimum atomic E-state index is -0.956. The molecule has 0 radical (unpaired) electrons. The number of fused-ring (bicyclic) bond motifs is 1. The van der Waals surface area contributed by atoms with Crippen LogP contribution in [0.5, 0.6) is 11.5 Å². The summed E-state index contributed by atoms with van der Waals surface area (Å²) in [7, 11) is 1.60. The summed E-state index contributed by atoms with van der Waals surface area (Å²) in [5, 5.41) is 12.0. The number of rotatable bonds is 7. The van der Waals surface area contributed by atoms with E-state index in [2.05, 4.69) is 9.97 Å². The van der Waals surface area contributed by atoms with Gasteiger partial charge in [0, 0.05) is 11.8 Å². The highest BCUT2D eigenvalue weighted by Gasteiger charge is 2.49. The number of hydrogen-bond donors (Lipinski definition) is 1. The van der Waals surface area contributed by atoms with Gasteiger partial charge < -0.3 is 14.6 Å². The van der Waals surface area contributed by atoms with Crippen molar-refractivity contribution in [2.24, 2.45) is 0 Å². The van der Waals surface area contributed by atoms with Gasteiger partial charge in [0.05, 0.1) is 35.2 Å². The molecule has 1 aliphatic heterocycles. The Morgan fingerprint density at radius 2 is 1.95 bits per heavy atom. The van der Waals surface area contributed by atoms with E-state index < -0.39 is 17.7 Å². The number of carbonyl (C=O) groups excluding carboxylic acids is 2. The zero-order chi connectivity index (χ0) is 27.8. The number of aromatic nitrogens is 2. The number of methoxy groups -OCH3 is 1.